The first-order valence-corrected chi connectivity index (χ1v) is 7.12. The highest BCUT2D eigenvalue weighted by Gasteiger charge is 2.11. The average molecular weight is 332 g/mol. The Morgan fingerprint density at radius 1 is 0.958 bits per heavy atom. The van der Waals surface area contributed by atoms with Crippen LogP contribution in [0.4, 0.5) is 22.4 Å². The van der Waals surface area contributed by atoms with Crippen LogP contribution in [0.2, 0.25) is 0 Å². The summed E-state index contributed by atoms with van der Waals surface area (Å²) in [5.41, 5.74) is 0.591. The number of hydrogen-bond acceptors (Lipinski definition) is 8. The lowest BCUT2D eigenvalue weighted by molar-refractivity contribution is 0.187. The number of benzene rings is 1. The third-order valence-corrected chi connectivity index (χ3v) is 2.89. The second-order valence-corrected chi connectivity index (χ2v) is 5.25. The number of amides is 1. The third kappa shape index (κ3) is 4.45. The summed E-state index contributed by atoms with van der Waals surface area (Å²) in [6.07, 6.45) is -0.535. The minimum absolute atomic E-state index is 0.186. The molecule has 0 radical (unpaired) electrons. The zero-order chi connectivity index (χ0) is 17.7. The largest absolute Gasteiger partial charge is 0.453 e. The molecule has 0 spiro atoms. The van der Waals surface area contributed by atoms with Gasteiger partial charge in [0.1, 0.15) is 5.75 Å². The molecule has 0 saturated heterocycles. The van der Waals surface area contributed by atoms with Crippen molar-refractivity contribution in [2.24, 2.45) is 0 Å². The van der Waals surface area contributed by atoms with E-state index in [9.17, 15) is 4.79 Å². The molecule has 0 aliphatic carbocycles. The molecule has 0 unspecified atom stereocenters. The van der Waals surface area contributed by atoms with Crippen molar-refractivity contribution >= 4 is 23.7 Å². The van der Waals surface area contributed by atoms with Gasteiger partial charge in [-0.15, -0.1) is 0 Å². The van der Waals surface area contributed by atoms with E-state index in [0.29, 0.717) is 23.3 Å². The van der Waals surface area contributed by atoms with Gasteiger partial charge in [-0.3, -0.25) is 5.32 Å². The SMILES string of the molecule is COC(=O)Nc1ccc(Oc2nc(N(C)C)nc(N(C)C)n2)cc1. The van der Waals surface area contributed by atoms with Gasteiger partial charge in [0.15, 0.2) is 0 Å². The lowest BCUT2D eigenvalue weighted by Crippen LogP contribution is -2.19. The molecule has 1 N–H and O–H groups in total. The van der Waals surface area contributed by atoms with Crippen LogP contribution in [0.5, 0.6) is 11.8 Å². The standard InChI is InChI=1S/C15H20N6O3/c1-20(2)12-17-13(21(3)4)19-14(18-12)24-11-8-6-10(7-9-11)16-15(22)23-5/h6-9H,1-5H3,(H,16,22). The van der Waals surface area contributed by atoms with Crippen molar-refractivity contribution in [1.82, 2.24) is 15.0 Å². The molecule has 128 valence electrons. The van der Waals surface area contributed by atoms with Crippen LogP contribution in [-0.2, 0) is 4.74 Å². The molecule has 2 aromatic rings. The molecule has 9 heteroatoms. The van der Waals surface area contributed by atoms with Crippen LogP contribution in [-0.4, -0.2) is 56.3 Å². The van der Waals surface area contributed by atoms with Crippen LogP contribution in [0.1, 0.15) is 0 Å². The van der Waals surface area contributed by atoms with Crippen molar-refractivity contribution < 1.29 is 14.3 Å². The molecule has 0 fully saturated rings. The summed E-state index contributed by atoms with van der Waals surface area (Å²) in [4.78, 5) is 27.5. The Kier molecular flexibility index (Phi) is 5.35. The molecule has 9 nitrogen and oxygen atoms in total. The fraction of sp³-hybridized carbons (Fsp3) is 0.333. The highest BCUT2D eigenvalue weighted by Crippen LogP contribution is 2.23. The third-order valence-electron chi connectivity index (χ3n) is 2.89. The van der Waals surface area contributed by atoms with Crippen LogP contribution in [0.25, 0.3) is 0 Å². The molecular weight excluding hydrogens is 312 g/mol. The van der Waals surface area contributed by atoms with Gasteiger partial charge < -0.3 is 19.3 Å². The Labute approximate surface area is 140 Å². The quantitative estimate of drug-likeness (QED) is 0.888. The smallest absolute Gasteiger partial charge is 0.411 e. The van der Waals surface area contributed by atoms with Gasteiger partial charge in [0, 0.05) is 33.9 Å². The summed E-state index contributed by atoms with van der Waals surface area (Å²) >= 11 is 0. The number of carbonyl (C=O) groups excluding carboxylic acids is 1. The molecule has 1 heterocycles. The van der Waals surface area contributed by atoms with E-state index in [2.05, 4.69) is 25.0 Å². The van der Waals surface area contributed by atoms with Gasteiger partial charge in [0.05, 0.1) is 7.11 Å². The maximum Gasteiger partial charge on any atom is 0.411 e. The van der Waals surface area contributed by atoms with E-state index in [0.717, 1.165) is 0 Å². The highest BCUT2D eigenvalue weighted by molar-refractivity contribution is 5.84. The number of carbonyl (C=O) groups is 1. The minimum Gasteiger partial charge on any atom is -0.453 e. The van der Waals surface area contributed by atoms with E-state index in [-0.39, 0.29) is 6.01 Å². The van der Waals surface area contributed by atoms with E-state index >= 15 is 0 Å². The van der Waals surface area contributed by atoms with Gasteiger partial charge in [0.25, 0.3) is 0 Å². The Bertz CT molecular complexity index is 677. The summed E-state index contributed by atoms with van der Waals surface area (Å²) in [6, 6.07) is 6.95. The minimum atomic E-state index is -0.535. The van der Waals surface area contributed by atoms with E-state index < -0.39 is 6.09 Å². The van der Waals surface area contributed by atoms with Crippen LogP contribution in [0.15, 0.2) is 24.3 Å². The van der Waals surface area contributed by atoms with Gasteiger partial charge >= 0.3 is 12.1 Å². The number of anilines is 3. The van der Waals surface area contributed by atoms with E-state index in [1.54, 1.807) is 34.1 Å². The maximum atomic E-state index is 11.2. The molecule has 0 aliphatic rings. The average Bonchev–Trinajstić information content (AvgIpc) is 2.56. The van der Waals surface area contributed by atoms with Crippen LogP contribution < -0.4 is 19.9 Å². The Morgan fingerprint density at radius 2 is 1.50 bits per heavy atom. The van der Waals surface area contributed by atoms with Crippen molar-refractivity contribution in [3.05, 3.63) is 24.3 Å². The van der Waals surface area contributed by atoms with E-state index in [1.807, 2.05) is 28.2 Å². The lowest BCUT2D eigenvalue weighted by Gasteiger charge is -2.16. The molecule has 0 atom stereocenters. The van der Waals surface area contributed by atoms with Gasteiger partial charge in [-0.1, -0.05) is 0 Å². The van der Waals surface area contributed by atoms with Gasteiger partial charge in [-0.2, -0.15) is 15.0 Å². The number of nitrogens with one attached hydrogen (secondary N) is 1. The summed E-state index contributed by atoms with van der Waals surface area (Å²) in [5, 5.41) is 2.56. The zero-order valence-corrected chi connectivity index (χ0v) is 14.3. The first-order valence-electron chi connectivity index (χ1n) is 7.12. The molecule has 1 aromatic heterocycles. The van der Waals surface area contributed by atoms with Gasteiger partial charge in [0.2, 0.25) is 11.9 Å². The van der Waals surface area contributed by atoms with Crippen LogP contribution in [0, 0.1) is 0 Å². The van der Waals surface area contributed by atoms with Crippen molar-refractivity contribution in [1.29, 1.82) is 0 Å². The van der Waals surface area contributed by atoms with Crippen molar-refractivity contribution in [2.45, 2.75) is 0 Å². The number of ether oxygens (including phenoxy) is 2. The van der Waals surface area contributed by atoms with E-state index in [4.69, 9.17) is 4.74 Å². The Morgan fingerprint density at radius 3 is 1.96 bits per heavy atom. The van der Waals surface area contributed by atoms with Gasteiger partial charge in [-0.25, -0.2) is 4.79 Å². The van der Waals surface area contributed by atoms with Gasteiger partial charge in [-0.05, 0) is 24.3 Å². The molecule has 0 bridgehead atoms. The summed E-state index contributed by atoms with van der Waals surface area (Å²) in [7, 11) is 8.66. The molecule has 0 saturated carbocycles. The number of rotatable bonds is 5. The number of hydrogen-bond donors (Lipinski definition) is 1. The first-order chi connectivity index (χ1) is 11.4. The van der Waals surface area contributed by atoms with Crippen molar-refractivity contribution in [2.75, 3.05) is 50.4 Å². The highest BCUT2D eigenvalue weighted by atomic mass is 16.5. The van der Waals surface area contributed by atoms with Crippen LogP contribution in [0.3, 0.4) is 0 Å². The molecular formula is C15H20N6O3. The lowest BCUT2D eigenvalue weighted by atomic mass is 10.3. The normalized spacial score (nSPS) is 10.0. The number of methoxy groups -OCH3 is 1. The second-order valence-electron chi connectivity index (χ2n) is 5.25. The zero-order valence-electron chi connectivity index (χ0n) is 14.3. The Balaban J connectivity index is 2.19. The molecule has 1 amide bonds. The predicted molar refractivity (Wildman–Crippen MR) is 91.0 cm³/mol. The van der Waals surface area contributed by atoms with E-state index in [1.165, 1.54) is 7.11 Å². The number of aromatic nitrogens is 3. The van der Waals surface area contributed by atoms with Crippen molar-refractivity contribution in [3.8, 4) is 11.8 Å². The summed E-state index contributed by atoms with van der Waals surface area (Å²) < 4.78 is 10.2. The fourth-order valence-corrected chi connectivity index (χ4v) is 1.66. The maximum absolute atomic E-state index is 11.2. The second kappa shape index (κ2) is 7.44. The van der Waals surface area contributed by atoms with Crippen LogP contribution >= 0.6 is 0 Å². The Hall–Kier alpha value is -3.10. The predicted octanol–water partition coefficient (Wildman–Crippen LogP) is 1.97. The van der Waals surface area contributed by atoms with Crippen molar-refractivity contribution in [3.63, 3.8) is 0 Å². The molecule has 2 rings (SSSR count). The molecule has 0 aliphatic heterocycles. The number of nitrogens with zero attached hydrogens (tertiary/aromatic N) is 5. The topological polar surface area (TPSA) is 92.7 Å². The summed E-state index contributed by atoms with van der Waals surface area (Å²) in [5.74, 6) is 1.52. The molecule has 1 aromatic carbocycles. The first kappa shape index (κ1) is 17.3. The fourth-order valence-electron chi connectivity index (χ4n) is 1.66. The monoisotopic (exact) mass is 332 g/mol. The summed E-state index contributed by atoms with van der Waals surface area (Å²) in [6.45, 7) is 0. The molecule has 24 heavy (non-hydrogen) atoms.